The van der Waals surface area contributed by atoms with E-state index >= 15 is 0 Å². The van der Waals surface area contributed by atoms with Crippen LogP contribution in [0.5, 0.6) is 5.75 Å². The average molecular weight is 1110 g/mol. The zero-order chi connectivity index (χ0) is 56.7. The summed E-state index contributed by atoms with van der Waals surface area (Å²) in [5.41, 5.74) is 6.23. The molecule has 6 aromatic rings. The van der Waals surface area contributed by atoms with Gasteiger partial charge in [0.05, 0.1) is 46.1 Å². The molecular formula is C59H77FN14O5S. The zero-order valence-corrected chi connectivity index (χ0v) is 48.5. The number of amides is 2. The van der Waals surface area contributed by atoms with Gasteiger partial charge in [-0.05, 0) is 123 Å². The minimum absolute atomic E-state index is 0.0367. The molecule has 80 heavy (non-hydrogen) atoms. The summed E-state index contributed by atoms with van der Waals surface area (Å²) in [4.78, 5) is 60.2. The fourth-order valence-corrected chi connectivity index (χ4v) is 12.9. The second-order valence-electron chi connectivity index (χ2n) is 23.8. The smallest absolute Gasteiger partial charge is 0.255 e. The molecule has 4 aliphatic rings. The Labute approximate surface area is 469 Å². The first kappa shape index (κ1) is 56.6. The molecule has 0 radical (unpaired) electrons. The Morgan fingerprint density at radius 1 is 0.887 bits per heavy atom. The van der Waals surface area contributed by atoms with Gasteiger partial charge in [0.2, 0.25) is 5.91 Å². The van der Waals surface area contributed by atoms with Crippen molar-refractivity contribution in [3.8, 4) is 5.75 Å². The maximum absolute atomic E-state index is 14.5. The van der Waals surface area contributed by atoms with Gasteiger partial charge in [0.25, 0.3) is 5.91 Å². The van der Waals surface area contributed by atoms with E-state index in [2.05, 4.69) is 84.2 Å². The standard InChI is InChI=1S/C59H77FN14O5S/c1-38-33-73(36-54(75)74-50-26-43(25-42-11-14-45(60)15-12-42)30-62-49(50)29-59(74,8)9)46(32-61-38)35-71-22-23-72(34-39(71)2)53-16-13-44(31-63-53)57(76)70-20-18-69(19-21-70)17-10-24-79-51-28-48-47(27-52(51)80(77,78)58(5,6)7)56(65-37-64-48)66-55-40(3)41(4)67-68-55/h11-16,26-28,30-31,37-39,46,61H,10,17-25,29,32-36H2,1-9H3,(H2,64,65,66,67,68)/t38-,39?,46-/m1/s1. The molecule has 0 bridgehead atoms. The molecule has 426 valence electrons. The van der Waals surface area contributed by atoms with E-state index in [9.17, 15) is 22.4 Å². The maximum Gasteiger partial charge on any atom is 0.255 e. The number of aryl methyl sites for hydroxylation is 1. The Morgan fingerprint density at radius 2 is 1.66 bits per heavy atom. The van der Waals surface area contributed by atoms with Gasteiger partial charge in [0.15, 0.2) is 9.84 Å². The first-order valence-electron chi connectivity index (χ1n) is 28.1. The van der Waals surface area contributed by atoms with Gasteiger partial charge in [-0.3, -0.25) is 34.4 Å². The minimum Gasteiger partial charge on any atom is -0.492 e. The average Bonchev–Trinajstić information content (AvgIpc) is 3.92. The Hall–Kier alpha value is -6.65. The molecule has 3 N–H and O–H groups in total. The molecule has 8 heterocycles. The number of H-pyrrole nitrogens is 1. The van der Waals surface area contributed by atoms with Crippen LogP contribution in [0, 0.1) is 19.7 Å². The second kappa shape index (κ2) is 23.1. The second-order valence-corrected chi connectivity index (χ2v) is 26.5. The number of carbonyl (C=O) groups excluding carboxylic acids is 2. The molecule has 19 nitrogen and oxygen atoms in total. The zero-order valence-electron chi connectivity index (χ0n) is 47.7. The number of aromatic nitrogens is 6. The lowest BCUT2D eigenvalue weighted by molar-refractivity contribution is -0.121. The van der Waals surface area contributed by atoms with Gasteiger partial charge in [-0.25, -0.2) is 27.8 Å². The Bertz CT molecular complexity index is 3330. The summed E-state index contributed by atoms with van der Waals surface area (Å²) in [7, 11) is -3.83. The predicted octanol–water partition coefficient (Wildman–Crippen LogP) is 6.57. The molecule has 4 aliphatic heterocycles. The van der Waals surface area contributed by atoms with E-state index in [1.807, 2.05) is 42.0 Å². The first-order valence-corrected chi connectivity index (χ1v) is 29.5. The predicted molar refractivity (Wildman–Crippen MR) is 309 cm³/mol. The van der Waals surface area contributed by atoms with Crippen molar-refractivity contribution in [2.75, 3.05) is 100 Å². The highest BCUT2D eigenvalue weighted by Gasteiger charge is 2.43. The van der Waals surface area contributed by atoms with Gasteiger partial charge in [-0.1, -0.05) is 12.1 Å². The number of carbonyl (C=O) groups is 2. The number of hydrogen-bond acceptors (Lipinski definition) is 16. The molecule has 0 spiro atoms. The molecule has 2 amide bonds. The van der Waals surface area contributed by atoms with Crippen LogP contribution < -0.4 is 25.2 Å². The lowest BCUT2D eigenvalue weighted by Gasteiger charge is -2.46. The highest BCUT2D eigenvalue weighted by atomic mass is 32.2. The Balaban J connectivity index is 0.694. The summed E-state index contributed by atoms with van der Waals surface area (Å²) in [6.45, 7) is 26.2. The largest absolute Gasteiger partial charge is 0.492 e. The Morgan fingerprint density at radius 3 is 2.36 bits per heavy atom. The third-order valence-electron chi connectivity index (χ3n) is 16.4. The number of ether oxygens (including phenoxy) is 1. The van der Waals surface area contributed by atoms with Gasteiger partial charge in [-0.15, -0.1) is 0 Å². The molecule has 3 atom stereocenters. The van der Waals surface area contributed by atoms with Gasteiger partial charge in [0, 0.05) is 131 Å². The fourth-order valence-electron chi connectivity index (χ4n) is 11.5. The number of aromatic amines is 1. The number of piperazine rings is 3. The van der Waals surface area contributed by atoms with Crippen LogP contribution in [0.1, 0.15) is 93.3 Å². The molecule has 3 fully saturated rings. The minimum atomic E-state index is -3.83. The lowest BCUT2D eigenvalue weighted by atomic mass is 10.0. The van der Waals surface area contributed by atoms with Crippen molar-refractivity contribution in [1.82, 2.24) is 55.0 Å². The topological polar surface area (TPSA) is 201 Å². The number of hydrogen-bond donors (Lipinski definition) is 3. The molecule has 2 aromatic carbocycles. The SMILES string of the molecule is Cc1n[nH]c(Nc2ncnc3cc(OCCCN4CCN(C(=O)c5ccc(N6CCN(C[C@H]7CN[C@H](C)CN7CC(=O)N7c8cc(Cc9ccc(F)cc9)cnc8CC7(C)C)C(C)C6)nc5)CC4)c(S(=O)(=O)C(C)(C)C)cc23)c1C. The van der Waals surface area contributed by atoms with E-state index in [-0.39, 0.29) is 46.4 Å². The van der Waals surface area contributed by atoms with Crippen LogP contribution in [0.25, 0.3) is 10.9 Å². The van der Waals surface area contributed by atoms with Gasteiger partial charge in [0.1, 0.15) is 40.2 Å². The molecule has 0 aliphatic carbocycles. The van der Waals surface area contributed by atoms with Crippen LogP contribution in [0.2, 0.25) is 0 Å². The number of anilines is 4. The van der Waals surface area contributed by atoms with Crippen molar-refractivity contribution in [3.63, 3.8) is 0 Å². The van der Waals surface area contributed by atoms with Crippen LogP contribution in [0.15, 0.2) is 78.2 Å². The van der Waals surface area contributed by atoms with Crippen molar-refractivity contribution < 1.29 is 27.1 Å². The number of rotatable bonds is 16. The quantitative estimate of drug-likeness (QED) is 0.0878. The van der Waals surface area contributed by atoms with Crippen molar-refractivity contribution >= 4 is 55.7 Å². The molecule has 1 unspecified atom stereocenters. The Kier molecular flexibility index (Phi) is 16.3. The van der Waals surface area contributed by atoms with Crippen molar-refractivity contribution in [2.24, 2.45) is 0 Å². The number of nitrogens with one attached hydrogen (secondary N) is 3. The molecule has 10 rings (SSSR count). The number of benzene rings is 2. The molecule has 0 saturated carbocycles. The summed E-state index contributed by atoms with van der Waals surface area (Å²) < 4.78 is 46.8. The van der Waals surface area contributed by atoms with Crippen molar-refractivity contribution in [2.45, 2.75) is 115 Å². The molecule has 21 heteroatoms. The van der Waals surface area contributed by atoms with Crippen LogP contribution >= 0.6 is 0 Å². The third-order valence-corrected chi connectivity index (χ3v) is 19.0. The highest BCUT2D eigenvalue weighted by Crippen LogP contribution is 2.40. The molecular weight excluding hydrogens is 1040 g/mol. The third kappa shape index (κ3) is 12.2. The number of nitrogens with zero attached hydrogens (tertiary/aromatic N) is 11. The first-order chi connectivity index (χ1) is 38.1. The van der Waals surface area contributed by atoms with Crippen molar-refractivity contribution in [3.05, 3.63) is 113 Å². The fraction of sp³-hybridized carbons (Fsp3) is 0.508. The maximum atomic E-state index is 14.5. The summed E-state index contributed by atoms with van der Waals surface area (Å²) >= 11 is 0. The van der Waals surface area contributed by atoms with Gasteiger partial charge in [-0.2, -0.15) is 5.10 Å². The van der Waals surface area contributed by atoms with E-state index in [0.29, 0.717) is 86.7 Å². The van der Waals surface area contributed by atoms with Crippen LogP contribution in [-0.2, 0) is 27.5 Å². The number of pyridine rings is 2. The number of halogens is 1. The number of sulfone groups is 1. The van der Waals surface area contributed by atoms with Crippen molar-refractivity contribution in [1.29, 1.82) is 0 Å². The lowest BCUT2D eigenvalue weighted by Crippen LogP contribution is -2.63. The van der Waals surface area contributed by atoms with E-state index in [4.69, 9.17) is 14.7 Å². The summed E-state index contributed by atoms with van der Waals surface area (Å²) in [6, 6.07) is 16.4. The van der Waals surface area contributed by atoms with E-state index in [1.54, 1.807) is 51.2 Å². The molecule has 3 saturated heterocycles. The van der Waals surface area contributed by atoms with Crippen LogP contribution in [0.3, 0.4) is 0 Å². The monoisotopic (exact) mass is 1110 g/mol. The highest BCUT2D eigenvalue weighted by molar-refractivity contribution is 7.92. The van der Waals surface area contributed by atoms with Crippen LogP contribution in [0.4, 0.5) is 27.5 Å². The number of fused-ring (bicyclic) bond motifs is 2. The van der Waals surface area contributed by atoms with Gasteiger partial charge < -0.3 is 30.1 Å². The summed E-state index contributed by atoms with van der Waals surface area (Å²) in [5, 5.41) is 14.7. The normalized spacial score (nSPS) is 20.3. The summed E-state index contributed by atoms with van der Waals surface area (Å²) in [6.07, 6.45) is 6.96. The molecule has 4 aromatic heterocycles. The van der Waals surface area contributed by atoms with Crippen LogP contribution in [-0.4, -0.2) is 184 Å². The summed E-state index contributed by atoms with van der Waals surface area (Å²) in [5.74, 6) is 1.99. The van der Waals surface area contributed by atoms with E-state index in [1.165, 1.54) is 18.5 Å². The van der Waals surface area contributed by atoms with E-state index in [0.717, 1.165) is 85.4 Å². The van der Waals surface area contributed by atoms with Gasteiger partial charge >= 0.3 is 0 Å². The van der Waals surface area contributed by atoms with E-state index < -0.39 is 20.1 Å².